The molecule has 4 rings (SSSR count). The molecule has 29 heavy (non-hydrogen) atoms. The number of rotatable bonds is 6. The fraction of sp³-hybridized carbons (Fsp3) is 0.318. The summed E-state index contributed by atoms with van der Waals surface area (Å²) < 4.78 is 11.0. The Bertz CT molecular complexity index is 965. The largest absolute Gasteiger partial charge is 0.494 e. The summed E-state index contributed by atoms with van der Waals surface area (Å²) in [5.74, 6) is -0.378. The standard InChI is InChI=1S/C22H22N2O5/c1-2-28-16-6-3-5-14(11-16)20(25)23-15-8-9-18-19(12-15)22(27)24(21(18)26)13-17-7-4-10-29-17/h3,5-6,8-9,11-12,17H,2,4,7,10,13H2,1H3,(H,23,25). The maximum Gasteiger partial charge on any atom is 0.261 e. The van der Waals surface area contributed by atoms with Gasteiger partial charge >= 0.3 is 0 Å². The molecule has 1 unspecified atom stereocenters. The van der Waals surface area contributed by atoms with Gasteiger partial charge in [-0.2, -0.15) is 0 Å². The maximum absolute atomic E-state index is 12.7. The van der Waals surface area contributed by atoms with Gasteiger partial charge < -0.3 is 14.8 Å². The Morgan fingerprint density at radius 2 is 2.00 bits per heavy atom. The summed E-state index contributed by atoms with van der Waals surface area (Å²) >= 11 is 0. The number of nitrogens with one attached hydrogen (secondary N) is 1. The lowest BCUT2D eigenvalue weighted by atomic mass is 10.1. The number of benzene rings is 2. The zero-order chi connectivity index (χ0) is 20.4. The third-order valence-corrected chi connectivity index (χ3v) is 5.05. The lowest BCUT2D eigenvalue weighted by molar-refractivity contribution is 0.0475. The van der Waals surface area contributed by atoms with E-state index in [9.17, 15) is 14.4 Å². The minimum absolute atomic E-state index is 0.103. The van der Waals surface area contributed by atoms with E-state index in [-0.39, 0.29) is 30.4 Å². The minimum atomic E-state index is -0.352. The number of carbonyl (C=O) groups is 3. The summed E-state index contributed by atoms with van der Waals surface area (Å²) in [5, 5.41) is 2.78. The molecule has 2 aromatic rings. The molecule has 2 aromatic carbocycles. The molecule has 2 heterocycles. The predicted octanol–water partition coefficient (Wildman–Crippen LogP) is 3.11. The van der Waals surface area contributed by atoms with Crippen LogP contribution in [0.2, 0.25) is 0 Å². The lowest BCUT2D eigenvalue weighted by Gasteiger charge is -2.17. The van der Waals surface area contributed by atoms with E-state index in [2.05, 4.69) is 5.32 Å². The summed E-state index contributed by atoms with van der Waals surface area (Å²) in [6, 6.07) is 11.6. The van der Waals surface area contributed by atoms with Crippen molar-refractivity contribution in [2.45, 2.75) is 25.9 Å². The van der Waals surface area contributed by atoms with Crippen LogP contribution in [0.15, 0.2) is 42.5 Å². The van der Waals surface area contributed by atoms with E-state index in [4.69, 9.17) is 9.47 Å². The molecule has 7 heteroatoms. The molecule has 2 aliphatic heterocycles. The third kappa shape index (κ3) is 3.86. The van der Waals surface area contributed by atoms with Crippen molar-refractivity contribution in [3.63, 3.8) is 0 Å². The first-order chi connectivity index (χ1) is 14.1. The van der Waals surface area contributed by atoms with Gasteiger partial charge in [0.15, 0.2) is 0 Å². The molecule has 1 atom stereocenters. The topological polar surface area (TPSA) is 84.9 Å². The highest BCUT2D eigenvalue weighted by molar-refractivity contribution is 6.22. The molecule has 2 aliphatic rings. The van der Waals surface area contributed by atoms with Gasteiger partial charge in [-0.1, -0.05) is 6.07 Å². The van der Waals surface area contributed by atoms with Crippen LogP contribution < -0.4 is 10.1 Å². The van der Waals surface area contributed by atoms with Gasteiger partial charge in [0, 0.05) is 17.9 Å². The normalized spacial score (nSPS) is 18.1. The average molecular weight is 394 g/mol. The van der Waals surface area contributed by atoms with Gasteiger partial charge in [-0.05, 0) is 56.2 Å². The molecule has 7 nitrogen and oxygen atoms in total. The van der Waals surface area contributed by atoms with E-state index in [1.165, 1.54) is 4.90 Å². The quantitative estimate of drug-likeness (QED) is 0.761. The summed E-state index contributed by atoms with van der Waals surface area (Å²) in [6.07, 6.45) is 1.68. The maximum atomic E-state index is 12.7. The fourth-order valence-electron chi connectivity index (χ4n) is 3.62. The Labute approximate surface area is 168 Å². The fourth-order valence-corrected chi connectivity index (χ4v) is 3.62. The number of ether oxygens (including phenoxy) is 2. The zero-order valence-electron chi connectivity index (χ0n) is 16.1. The zero-order valence-corrected chi connectivity index (χ0v) is 16.1. The predicted molar refractivity (Wildman–Crippen MR) is 106 cm³/mol. The monoisotopic (exact) mass is 394 g/mol. The van der Waals surface area contributed by atoms with Gasteiger partial charge in [0.2, 0.25) is 0 Å². The molecule has 1 fully saturated rings. The van der Waals surface area contributed by atoms with Crippen LogP contribution >= 0.6 is 0 Å². The number of carbonyl (C=O) groups excluding carboxylic acids is 3. The highest BCUT2D eigenvalue weighted by Gasteiger charge is 2.37. The second kappa shape index (κ2) is 8.05. The molecule has 0 aliphatic carbocycles. The number of anilines is 1. The van der Waals surface area contributed by atoms with E-state index < -0.39 is 0 Å². The summed E-state index contributed by atoms with van der Waals surface area (Å²) in [4.78, 5) is 39.1. The Balaban J connectivity index is 1.50. The van der Waals surface area contributed by atoms with Crippen LogP contribution in [0.4, 0.5) is 5.69 Å². The van der Waals surface area contributed by atoms with E-state index in [1.807, 2.05) is 6.92 Å². The number of fused-ring (bicyclic) bond motifs is 1. The van der Waals surface area contributed by atoms with Crippen LogP contribution in [0.1, 0.15) is 50.8 Å². The molecule has 150 valence electrons. The van der Waals surface area contributed by atoms with Crippen molar-refractivity contribution >= 4 is 23.4 Å². The minimum Gasteiger partial charge on any atom is -0.494 e. The van der Waals surface area contributed by atoms with Crippen LogP contribution in [0.5, 0.6) is 5.75 Å². The number of hydrogen-bond acceptors (Lipinski definition) is 5. The number of hydrogen-bond donors (Lipinski definition) is 1. The van der Waals surface area contributed by atoms with E-state index in [1.54, 1.807) is 42.5 Å². The van der Waals surface area contributed by atoms with Crippen molar-refractivity contribution in [1.29, 1.82) is 0 Å². The Morgan fingerprint density at radius 1 is 1.17 bits per heavy atom. The molecule has 1 saturated heterocycles. The molecular weight excluding hydrogens is 372 g/mol. The Hall–Kier alpha value is -3.19. The first-order valence-corrected chi connectivity index (χ1v) is 9.73. The van der Waals surface area contributed by atoms with E-state index in [0.717, 1.165) is 12.8 Å². The van der Waals surface area contributed by atoms with Crippen LogP contribution in [-0.2, 0) is 4.74 Å². The average Bonchev–Trinajstić information content (AvgIpc) is 3.32. The number of nitrogens with zero attached hydrogens (tertiary/aromatic N) is 1. The van der Waals surface area contributed by atoms with Gasteiger partial charge in [-0.3, -0.25) is 19.3 Å². The summed E-state index contributed by atoms with van der Waals surface area (Å²) in [5.41, 5.74) is 1.55. The van der Waals surface area contributed by atoms with Gasteiger partial charge in [0.1, 0.15) is 5.75 Å². The van der Waals surface area contributed by atoms with Crippen molar-refractivity contribution < 1.29 is 23.9 Å². The Morgan fingerprint density at radius 3 is 2.76 bits per heavy atom. The highest BCUT2D eigenvalue weighted by atomic mass is 16.5. The first kappa shape index (κ1) is 19.1. The molecule has 0 saturated carbocycles. The number of imide groups is 1. The van der Waals surface area contributed by atoms with Gasteiger partial charge in [-0.25, -0.2) is 0 Å². The van der Waals surface area contributed by atoms with E-state index in [0.29, 0.717) is 41.3 Å². The second-order valence-electron chi connectivity index (χ2n) is 7.03. The second-order valence-corrected chi connectivity index (χ2v) is 7.03. The van der Waals surface area contributed by atoms with E-state index >= 15 is 0 Å². The molecule has 1 N–H and O–H groups in total. The smallest absolute Gasteiger partial charge is 0.261 e. The van der Waals surface area contributed by atoms with Crippen LogP contribution in [0.3, 0.4) is 0 Å². The summed E-state index contributed by atoms with van der Waals surface area (Å²) in [6.45, 7) is 3.30. The van der Waals surface area contributed by atoms with Crippen LogP contribution in [-0.4, -0.2) is 48.5 Å². The van der Waals surface area contributed by atoms with Crippen molar-refractivity contribution in [2.75, 3.05) is 25.1 Å². The van der Waals surface area contributed by atoms with Gasteiger partial charge in [0.05, 0.1) is 30.4 Å². The van der Waals surface area contributed by atoms with Crippen LogP contribution in [0, 0.1) is 0 Å². The molecule has 3 amide bonds. The molecule has 0 aromatic heterocycles. The molecular formula is C22H22N2O5. The number of amides is 3. The summed E-state index contributed by atoms with van der Waals surface area (Å²) in [7, 11) is 0. The highest BCUT2D eigenvalue weighted by Crippen LogP contribution is 2.28. The lowest BCUT2D eigenvalue weighted by Crippen LogP contribution is -2.36. The third-order valence-electron chi connectivity index (χ3n) is 5.05. The molecule has 0 radical (unpaired) electrons. The van der Waals surface area contributed by atoms with Crippen molar-refractivity contribution in [3.05, 3.63) is 59.2 Å². The SMILES string of the molecule is CCOc1cccc(C(=O)Nc2ccc3c(c2)C(=O)N(CC2CCCO2)C3=O)c1. The van der Waals surface area contributed by atoms with Crippen molar-refractivity contribution in [3.8, 4) is 5.75 Å². The Kier molecular flexibility index (Phi) is 5.31. The van der Waals surface area contributed by atoms with Crippen molar-refractivity contribution in [1.82, 2.24) is 4.90 Å². The van der Waals surface area contributed by atoms with Crippen molar-refractivity contribution in [2.24, 2.45) is 0 Å². The van der Waals surface area contributed by atoms with Gasteiger partial charge in [0.25, 0.3) is 17.7 Å². The van der Waals surface area contributed by atoms with Gasteiger partial charge in [-0.15, -0.1) is 0 Å². The molecule has 0 bridgehead atoms. The first-order valence-electron chi connectivity index (χ1n) is 9.73. The van der Waals surface area contributed by atoms with Crippen LogP contribution in [0.25, 0.3) is 0 Å². The molecule has 0 spiro atoms.